The van der Waals surface area contributed by atoms with E-state index in [9.17, 15) is 9.90 Å². The Balaban J connectivity index is 1.24. The largest absolute Gasteiger partial charge is 0.394 e. The molecule has 2 saturated carbocycles. The molecular weight excluding hydrogens is 440 g/mol. The van der Waals surface area contributed by atoms with E-state index in [1.807, 2.05) is 44.2 Å². The molecule has 35 heavy (non-hydrogen) atoms. The van der Waals surface area contributed by atoms with Gasteiger partial charge >= 0.3 is 0 Å². The minimum atomic E-state index is -0.510. The fourth-order valence-electron chi connectivity index (χ4n) is 5.24. The number of nitrogens with zero attached hydrogens (tertiary/aromatic N) is 4. The van der Waals surface area contributed by atoms with Crippen molar-refractivity contribution >= 4 is 29.2 Å². The number of aliphatic hydroxyl groups excluding tert-OH is 1. The first kappa shape index (κ1) is 22.3. The topological polar surface area (TPSA) is 93.6 Å². The van der Waals surface area contributed by atoms with Crippen molar-refractivity contribution in [1.29, 1.82) is 0 Å². The van der Waals surface area contributed by atoms with E-state index in [-0.39, 0.29) is 12.5 Å². The maximum absolute atomic E-state index is 13.5. The van der Waals surface area contributed by atoms with Crippen molar-refractivity contribution in [3.05, 3.63) is 47.7 Å². The van der Waals surface area contributed by atoms with Crippen LogP contribution in [0, 0.1) is 11.3 Å². The second-order valence-corrected chi connectivity index (χ2v) is 11.3. The number of hydrogen-bond donors (Lipinski definition) is 3. The molecule has 0 radical (unpaired) electrons. The van der Waals surface area contributed by atoms with Gasteiger partial charge in [-0.1, -0.05) is 6.07 Å². The molecular formula is C27H34N6O2. The van der Waals surface area contributed by atoms with Crippen molar-refractivity contribution in [3.63, 3.8) is 0 Å². The van der Waals surface area contributed by atoms with E-state index < -0.39 is 5.54 Å². The normalized spacial score (nSPS) is 22.0. The van der Waals surface area contributed by atoms with Crippen LogP contribution in [0.5, 0.6) is 0 Å². The maximum Gasteiger partial charge on any atom is 0.260 e. The first-order chi connectivity index (χ1) is 16.8. The molecule has 6 rings (SSSR count). The van der Waals surface area contributed by atoms with Gasteiger partial charge in [0.2, 0.25) is 0 Å². The first-order valence-electron chi connectivity index (χ1n) is 12.7. The van der Waals surface area contributed by atoms with Crippen LogP contribution in [-0.4, -0.2) is 52.8 Å². The lowest BCUT2D eigenvalue weighted by Gasteiger charge is -2.34. The van der Waals surface area contributed by atoms with Gasteiger partial charge in [-0.2, -0.15) is 0 Å². The minimum absolute atomic E-state index is 0.0189. The summed E-state index contributed by atoms with van der Waals surface area (Å²) in [4.78, 5) is 27.4. The van der Waals surface area contributed by atoms with Gasteiger partial charge in [0.15, 0.2) is 0 Å². The van der Waals surface area contributed by atoms with E-state index in [0.717, 1.165) is 38.3 Å². The Hall–Kier alpha value is -3.13. The van der Waals surface area contributed by atoms with E-state index in [1.165, 1.54) is 24.8 Å². The number of fused-ring (bicyclic) bond motifs is 1. The third-order valence-electron chi connectivity index (χ3n) is 7.92. The van der Waals surface area contributed by atoms with Gasteiger partial charge in [-0.15, -0.1) is 0 Å². The van der Waals surface area contributed by atoms with E-state index in [4.69, 9.17) is 9.97 Å². The Kier molecular flexibility index (Phi) is 5.25. The number of carbonyl (C=O) groups is 1. The molecule has 2 aromatic heterocycles. The Morgan fingerprint density at radius 2 is 1.91 bits per heavy atom. The third kappa shape index (κ3) is 4.59. The van der Waals surface area contributed by atoms with Gasteiger partial charge < -0.3 is 25.5 Å². The molecule has 2 aliphatic carbocycles. The smallest absolute Gasteiger partial charge is 0.260 e. The molecule has 0 bridgehead atoms. The summed E-state index contributed by atoms with van der Waals surface area (Å²) in [6.07, 6.45) is 8.33. The number of carbonyl (C=O) groups excluding carboxylic acids is 1. The number of hydrogen-bond acceptors (Lipinski definition) is 7. The van der Waals surface area contributed by atoms with Gasteiger partial charge in [0.05, 0.1) is 17.7 Å². The molecule has 4 aliphatic rings. The highest BCUT2D eigenvalue weighted by molar-refractivity contribution is 6.07. The summed E-state index contributed by atoms with van der Waals surface area (Å²) in [5.74, 6) is 3.22. The van der Waals surface area contributed by atoms with Gasteiger partial charge in [0.1, 0.15) is 23.3 Å². The van der Waals surface area contributed by atoms with Crippen LogP contribution in [-0.2, 0) is 0 Å². The Morgan fingerprint density at radius 3 is 2.60 bits per heavy atom. The Labute approximate surface area is 206 Å². The van der Waals surface area contributed by atoms with Crippen molar-refractivity contribution in [3.8, 4) is 0 Å². The van der Waals surface area contributed by atoms with Crippen molar-refractivity contribution < 1.29 is 9.90 Å². The highest BCUT2D eigenvalue weighted by Crippen LogP contribution is 2.54. The zero-order valence-corrected chi connectivity index (χ0v) is 20.5. The number of amides is 1. The zero-order chi connectivity index (χ0) is 24.2. The van der Waals surface area contributed by atoms with Crippen molar-refractivity contribution in [1.82, 2.24) is 9.97 Å². The van der Waals surface area contributed by atoms with Gasteiger partial charge in [-0.3, -0.25) is 4.79 Å². The fourth-order valence-corrected chi connectivity index (χ4v) is 5.24. The van der Waals surface area contributed by atoms with Crippen LogP contribution in [0.3, 0.4) is 0 Å². The molecule has 0 unspecified atom stereocenters. The molecule has 2 aromatic rings. The molecule has 3 N–H and O–H groups in total. The average Bonchev–Trinajstić information content (AvgIpc) is 3.76. The number of rotatable bonds is 7. The Morgan fingerprint density at radius 1 is 1.11 bits per heavy atom. The van der Waals surface area contributed by atoms with Gasteiger partial charge in [0.25, 0.3) is 5.91 Å². The van der Waals surface area contributed by atoms with Gasteiger partial charge in [-0.05, 0) is 81.2 Å². The standard InChI is InChI=1S/C27H34N6O2/c1-26(2,17-34)31-22-7-6-20(24(29-22)32-12-10-27(8-9-27)11-13-32)25(35)30-21-4-3-5-23(28-21)33-15-18-14-19(18)16-33/h3-7,15,19,34H,8-14,16-17H2,1-2H3,(H,29,31)(H,28,30,35)/t19-/m1/s1. The highest BCUT2D eigenvalue weighted by Gasteiger charge is 2.45. The van der Waals surface area contributed by atoms with Gasteiger partial charge in [0, 0.05) is 31.8 Å². The lowest BCUT2D eigenvalue weighted by atomic mass is 9.93. The van der Waals surface area contributed by atoms with E-state index in [0.29, 0.717) is 34.3 Å². The fraction of sp³-hybridized carbons (Fsp3) is 0.519. The molecule has 4 heterocycles. The summed E-state index contributed by atoms with van der Waals surface area (Å²) in [5, 5.41) is 16.0. The SMILES string of the molecule is CC(C)(CO)Nc1ccc(C(=O)Nc2cccc(N3C=C4C[C@@H]4C3)n2)c(N2CCC3(CC2)CC3)n1. The molecule has 1 saturated heterocycles. The van der Waals surface area contributed by atoms with Crippen LogP contribution in [0.15, 0.2) is 42.1 Å². The summed E-state index contributed by atoms with van der Waals surface area (Å²) >= 11 is 0. The number of anilines is 4. The zero-order valence-electron chi connectivity index (χ0n) is 20.5. The number of pyridine rings is 2. The summed E-state index contributed by atoms with van der Waals surface area (Å²) < 4.78 is 0. The van der Waals surface area contributed by atoms with Crippen LogP contribution >= 0.6 is 0 Å². The lowest BCUT2D eigenvalue weighted by molar-refractivity contribution is 0.102. The number of nitrogens with one attached hydrogen (secondary N) is 2. The summed E-state index contributed by atoms with van der Waals surface area (Å²) in [5.41, 5.74) is 2.05. The van der Waals surface area contributed by atoms with E-state index >= 15 is 0 Å². The molecule has 1 amide bonds. The minimum Gasteiger partial charge on any atom is -0.394 e. The third-order valence-corrected chi connectivity index (χ3v) is 7.92. The second kappa shape index (κ2) is 8.22. The number of aliphatic hydroxyl groups is 1. The highest BCUT2D eigenvalue weighted by atomic mass is 16.3. The van der Waals surface area contributed by atoms with E-state index in [1.54, 1.807) is 0 Å². The molecule has 3 fully saturated rings. The van der Waals surface area contributed by atoms with Crippen molar-refractivity contribution in [2.24, 2.45) is 11.3 Å². The van der Waals surface area contributed by atoms with Gasteiger partial charge in [-0.25, -0.2) is 9.97 Å². The molecule has 0 aromatic carbocycles. The molecule has 1 atom stereocenters. The Bertz CT molecular complexity index is 1180. The molecule has 8 heteroatoms. The summed E-state index contributed by atoms with van der Waals surface area (Å²) in [7, 11) is 0. The van der Waals surface area contributed by atoms with E-state index in [2.05, 4.69) is 26.6 Å². The van der Waals surface area contributed by atoms with Crippen LogP contribution < -0.4 is 20.4 Å². The number of aromatic nitrogens is 2. The van der Waals surface area contributed by atoms with Crippen molar-refractivity contribution in [2.75, 3.05) is 46.7 Å². The second-order valence-electron chi connectivity index (χ2n) is 11.3. The first-order valence-corrected chi connectivity index (χ1v) is 12.7. The van der Waals surface area contributed by atoms with Crippen molar-refractivity contribution in [2.45, 2.75) is 51.5 Å². The molecule has 8 nitrogen and oxygen atoms in total. The molecule has 1 spiro atoms. The molecule has 2 aliphatic heterocycles. The predicted octanol–water partition coefficient (Wildman–Crippen LogP) is 4.02. The quantitative estimate of drug-likeness (QED) is 0.558. The summed E-state index contributed by atoms with van der Waals surface area (Å²) in [6, 6.07) is 9.39. The monoisotopic (exact) mass is 474 g/mol. The lowest BCUT2D eigenvalue weighted by Crippen LogP contribution is -2.38. The maximum atomic E-state index is 13.5. The van der Waals surface area contributed by atoms with Crippen LogP contribution in [0.1, 0.15) is 56.3 Å². The van der Waals surface area contributed by atoms with Crippen LogP contribution in [0.4, 0.5) is 23.3 Å². The van der Waals surface area contributed by atoms with Crippen LogP contribution in [0.25, 0.3) is 0 Å². The summed E-state index contributed by atoms with van der Waals surface area (Å²) in [6.45, 7) is 6.60. The molecule has 184 valence electrons. The number of piperidine rings is 1. The average molecular weight is 475 g/mol. The van der Waals surface area contributed by atoms with Crippen LogP contribution in [0.2, 0.25) is 0 Å². The predicted molar refractivity (Wildman–Crippen MR) is 138 cm³/mol.